The second-order valence-electron chi connectivity index (χ2n) is 6.30. The zero-order valence-electron chi connectivity index (χ0n) is 16.4. The molecule has 0 radical (unpaired) electrons. The van der Waals surface area contributed by atoms with Gasteiger partial charge in [0.05, 0.1) is 18.9 Å². The van der Waals surface area contributed by atoms with E-state index < -0.39 is 17.4 Å². The summed E-state index contributed by atoms with van der Waals surface area (Å²) in [6, 6.07) is 16.4. The fourth-order valence-electron chi connectivity index (χ4n) is 2.71. The Kier molecular flexibility index (Phi) is 7.32. The summed E-state index contributed by atoms with van der Waals surface area (Å²) in [7, 11) is 0. The molecule has 7 heteroatoms. The highest BCUT2D eigenvalue weighted by molar-refractivity contribution is 5.69. The molecule has 156 valence electrons. The van der Waals surface area contributed by atoms with Gasteiger partial charge in [0.25, 0.3) is 0 Å². The summed E-state index contributed by atoms with van der Waals surface area (Å²) in [5.41, 5.74) is 0.609. The van der Waals surface area contributed by atoms with E-state index in [1.54, 1.807) is 37.3 Å². The fourth-order valence-corrected chi connectivity index (χ4v) is 2.71. The summed E-state index contributed by atoms with van der Waals surface area (Å²) >= 11 is 0. The number of carbonyl (C=O) groups excluding carboxylic acids is 1. The van der Waals surface area contributed by atoms with Crippen molar-refractivity contribution in [3.63, 3.8) is 0 Å². The Labute approximate surface area is 173 Å². The van der Waals surface area contributed by atoms with Gasteiger partial charge >= 0.3 is 5.97 Å². The SMILES string of the molecule is CCOC(=O)CCCOc1c(F)cc(-c2cccc(Oc3ccccc3)n2)cc1F. The predicted molar refractivity (Wildman–Crippen MR) is 107 cm³/mol. The van der Waals surface area contributed by atoms with Crippen molar-refractivity contribution in [2.45, 2.75) is 19.8 Å². The van der Waals surface area contributed by atoms with Gasteiger partial charge in [0.1, 0.15) is 5.75 Å². The van der Waals surface area contributed by atoms with Gasteiger partial charge in [0.2, 0.25) is 5.88 Å². The lowest BCUT2D eigenvalue weighted by Crippen LogP contribution is -2.08. The van der Waals surface area contributed by atoms with E-state index >= 15 is 0 Å². The van der Waals surface area contributed by atoms with Crippen LogP contribution in [0.4, 0.5) is 8.78 Å². The molecule has 3 aromatic rings. The third-order valence-electron chi connectivity index (χ3n) is 4.06. The average Bonchev–Trinajstić information content (AvgIpc) is 2.73. The summed E-state index contributed by atoms with van der Waals surface area (Å²) < 4.78 is 44.5. The van der Waals surface area contributed by atoms with Gasteiger partial charge in [-0.05, 0) is 43.7 Å². The number of rotatable bonds is 9. The largest absolute Gasteiger partial charge is 0.488 e. The van der Waals surface area contributed by atoms with Crippen LogP contribution in [0.3, 0.4) is 0 Å². The van der Waals surface area contributed by atoms with Gasteiger partial charge in [-0.15, -0.1) is 0 Å². The highest BCUT2D eigenvalue weighted by Gasteiger charge is 2.15. The van der Waals surface area contributed by atoms with Crippen LogP contribution in [0.2, 0.25) is 0 Å². The lowest BCUT2D eigenvalue weighted by molar-refractivity contribution is -0.143. The Balaban J connectivity index is 1.69. The van der Waals surface area contributed by atoms with Gasteiger partial charge in [-0.2, -0.15) is 0 Å². The number of hydrogen-bond acceptors (Lipinski definition) is 5. The van der Waals surface area contributed by atoms with Gasteiger partial charge < -0.3 is 14.2 Å². The van der Waals surface area contributed by atoms with Crippen molar-refractivity contribution >= 4 is 5.97 Å². The van der Waals surface area contributed by atoms with Crippen molar-refractivity contribution in [3.8, 4) is 28.6 Å². The first-order chi connectivity index (χ1) is 14.6. The summed E-state index contributed by atoms with van der Waals surface area (Å²) in [5.74, 6) is -1.65. The number of hydrogen-bond donors (Lipinski definition) is 0. The maximum absolute atomic E-state index is 14.4. The number of esters is 1. The van der Waals surface area contributed by atoms with Gasteiger partial charge in [-0.25, -0.2) is 13.8 Å². The van der Waals surface area contributed by atoms with Gasteiger partial charge in [-0.3, -0.25) is 4.79 Å². The zero-order chi connectivity index (χ0) is 21.3. The van der Waals surface area contributed by atoms with Gasteiger partial charge in [0.15, 0.2) is 17.4 Å². The molecule has 0 N–H and O–H groups in total. The third kappa shape index (κ3) is 5.76. The number of pyridine rings is 1. The van der Waals surface area contributed by atoms with Crippen molar-refractivity contribution < 1.29 is 27.8 Å². The highest BCUT2D eigenvalue weighted by atomic mass is 19.1. The van der Waals surface area contributed by atoms with Crippen molar-refractivity contribution in [2.24, 2.45) is 0 Å². The molecule has 3 rings (SSSR count). The topological polar surface area (TPSA) is 57.7 Å². The molecule has 5 nitrogen and oxygen atoms in total. The third-order valence-corrected chi connectivity index (χ3v) is 4.06. The first kappa shape index (κ1) is 21.2. The molecule has 0 unspecified atom stereocenters. The van der Waals surface area contributed by atoms with Crippen molar-refractivity contribution in [1.82, 2.24) is 4.98 Å². The molecule has 0 amide bonds. The first-order valence-corrected chi connectivity index (χ1v) is 9.54. The molecule has 2 aromatic carbocycles. The van der Waals surface area contributed by atoms with Crippen LogP contribution in [0.25, 0.3) is 11.3 Å². The molecule has 0 aliphatic rings. The van der Waals surface area contributed by atoms with E-state index in [1.165, 1.54) is 0 Å². The number of para-hydroxylation sites is 1. The average molecular weight is 413 g/mol. The second kappa shape index (κ2) is 10.3. The van der Waals surface area contributed by atoms with Crippen LogP contribution in [-0.2, 0) is 9.53 Å². The summed E-state index contributed by atoms with van der Waals surface area (Å²) in [6.45, 7) is 1.99. The van der Waals surface area contributed by atoms with Crippen LogP contribution >= 0.6 is 0 Å². The Morgan fingerprint density at radius 3 is 2.43 bits per heavy atom. The van der Waals surface area contributed by atoms with Crippen LogP contribution in [0.1, 0.15) is 19.8 Å². The predicted octanol–water partition coefficient (Wildman–Crippen LogP) is 5.54. The van der Waals surface area contributed by atoms with E-state index in [2.05, 4.69) is 4.98 Å². The van der Waals surface area contributed by atoms with Crippen LogP contribution < -0.4 is 9.47 Å². The second-order valence-corrected chi connectivity index (χ2v) is 6.30. The molecule has 0 atom stereocenters. The van der Waals surface area contributed by atoms with Gasteiger partial charge in [0, 0.05) is 18.1 Å². The molecule has 0 saturated heterocycles. The van der Waals surface area contributed by atoms with E-state index in [0.717, 1.165) is 12.1 Å². The molecule has 0 spiro atoms. The number of nitrogens with zero attached hydrogens (tertiary/aromatic N) is 1. The maximum Gasteiger partial charge on any atom is 0.305 e. The molecule has 30 heavy (non-hydrogen) atoms. The van der Waals surface area contributed by atoms with Gasteiger partial charge in [-0.1, -0.05) is 24.3 Å². The fraction of sp³-hybridized carbons (Fsp3) is 0.217. The summed E-state index contributed by atoms with van der Waals surface area (Å²) in [5, 5.41) is 0. The zero-order valence-corrected chi connectivity index (χ0v) is 16.4. The smallest absolute Gasteiger partial charge is 0.305 e. The Morgan fingerprint density at radius 2 is 1.73 bits per heavy atom. The van der Waals surface area contributed by atoms with Crippen molar-refractivity contribution in [1.29, 1.82) is 0 Å². The van der Waals surface area contributed by atoms with Crippen molar-refractivity contribution in [3.05, 3.63) is 72.3 Å². The number of halogens is 2. The molecule has 0 bridgehead atoms. The number of carbonyl (C=O) groups is 1. The summed E-state index contributed by atoms with van der Waals surface area (Å²) in [6.07, 6.45) is 0.410. The lowest BCUT2D eigenvalue weighted by atomic mass is 10.1. The minimum Gasteiger partial charge on any atom is -0.488 e. The van der Waals surface area contributed by atoms with Crippen LogP contribution in [0.15, 0.2) is 60.7 Å². The van der Waals surface area contributed by atoms with Crippen LogP contribution in [-0.4, -0.2) is 24.2 Å². The van der Waals surface area contributed by atoms with E-state index in [0.29, 0.717) is 23.7 Å². The molecular weight excluding hydrogens is 392 g/mol. The normalized spacial score (nSPS) is 10.5. The minimum absolute atomic E-state index is 0.00927. The Hall–Kier alpha value is -3.48. The Bertz CT molecular complexity index is 972. The van der Waals surface area contributed by atoms with E-state index in [-0.39, 0.29) is 31.2 Å². The number of aromatic nitrogens is 1. The molecule has 0 aliphatic heterocycles. The number of ether oxygens (including phenoxy) is 3. The highest BCUT2D eigenvalue weighted by Crippen LogP contribution is 2.30. The molecule has 0 saturated carbocycles. The molecule has 0 aliphatic carbocycles. The standard InChI is InChI=1S/C23H21F2NO4/c1-2-28-22(27)12-7-13-29-23-18(24)14-16(15-19(23)25)20-10-6-11-21(26-20)30-17-8-4-3-5-9-17/h3-6,8-11,14-15H,2,7,12-13H2,1H3. The molecule has 0 fully saturated rings. The minimum atomic E-state index is -0.850. The van der Waals surface area contributed by atoms with E-state index in [9.17, 15) is 13.6 Å². The molecule has 1 aromatic heterocycles. The first-order valence-electron chi connectivity index (χ1n) is 9.54. The monoisotopic (exact) mass is 413 g/mol. The van der Waals surface area contributed by atoms with Crippen molar-refractivity contribution in [2.75, 3.05) is 13.2 Å². The van der Waals surface area contributed by atoms with Crippen LogP contribution in [0, 0.1) is 11.6 Å². The Morgan fingerprint density at radius 1 is 1.00 bits per heavy atom. The van der Waals surface area contributed by atoms with Crippen LogP contribution in [0.5, 0.6) is 17.4 Å². The summed E-state index contributed by atoms with van der Waals surface area (Å²) in [4.78, 5) is 15.6. The quantitative estimate of drug-likeness (QED) is 0.340. The molecule has 1 heterocycles. The number of benzene rings is 2. The van der Waals surface area contributed by atoms with E-state index in [4.69, 9.17) is 14.2 Å². The lowest BCUT2D eigenvalue weighted by Gasteiger charge is -2.11. The maximum atomic E-state index is 14.4. The van der Waals surface area contributed by atoms with E-state index in [1.807, 2.05) is 18.2 Å². The molecular formula is C23H21F2NO4.